The van der Waals surface area contributed by atoms with Crippen LogP contribution in [0, 0.1) is 5.82 Å². The maximum atomic E-state index is 13.2. The molecule has 148 valence electrons. The minimum atomic E-state index is -0.288. The minimum Gasteiger partial charge on any atom is -0.493 e. The van der Waals surface area contributed by atoms with Crippen molar-refractivity contribution >= 4 is 33.3 Å². The van der Waals surface area contributed by atoms with Gasteiger partial charge in [0, 0.05) is 17.7 Å². The van der Waals surface area contributed by atoms with Crippen LogP contribution in [0.4, 0.5) is 4.39 Å². The third-order valence-electron chi connectivity index (χ3n) is 4.71. The third-order valence-corrected chi connectivity index (χ3v) is 6.83. The van der Waals surface area contributed by atoms with Gasteiger partial charge in [-0.3, -0.25) is 9.36 Å². The highest BCUT2D eigenvalue weighted by molar-refractivity contribution is 7.99. The Hall–Kier alpha value is -1.90. The Morgan fingerprint density at radius 2 is 2.07 bits per heavy atom. The first-order valence-electron chi connectivity index (χ1n) is 9.22. The van der Waals surface area contributed by atoms with Crippen LogP contribution in [-0.4, -0.2) is 35.6 Å². The summed E-state index contributed by atoms with van der Waals surface area (Å²) in [5.41, 5.74) is 1.23. The predicted molar refractivity (Wildman–Crippen MR) is 110 cm³/mol. The molecule has 0 saturated heterocycles. The monoisotopic (exact) mass is 420 g/mol. The van der Waals surface area contributed by atoms with Crippen molar-refractivity contribution < 1.29 is 13.9 Å². The van der Waals surface area contributed by atoms with Gasteiger partial charge in [-0.05, 0) is 49.1 Å². The Morgan fingerprint density at radius 3 is 2.86 bits per heavy atom. The lowest BCUT2D eigenvalue weighted by Gasteiger charge is -2.12. The van der Waals surface area contributed by atoms with E-state index in [1.54, 1.807) is 35.1 Å². The molecule has 4 rings (SSSR count). The van der Waals surface area contributed by atoms with Crippen molar-refractivity contribution in [2.45, 2.75) is 31.0 Å². The van der Waals surface area contributed by atoms with E-state index in [1.165, 1.54) is 34.3 Å². The van der Waals surface area contributed by atoms with Crippen molar-refractivity contribution in [2.75, 3.05) is 26.1 Å². The van der Waals surface area contributed by atoms with Gasteiger partial charge in [-0.15, -0.1) is 11.3 Å². The zero-order chi connectivity index (χ0) is 19.5. The second-order valence-electron chi connectivity index (χ2n) is 6.53. The Kier molecular flexibility index (Phi) is 5.99. The standard InChI is InChI=1S/C20H21FN2O3S2/c1-25-10-9-23-19(24)17-15-3-2-4-16(15)28-18(17)22-20(23)27-12-11-26-14-7-5-13(21)6-8-14/h5-8H,2-4,9-12H2,1H3. The van der Waals surface area contributed by atoms with Gasteiger partial charge >= 0.3 is 0 Å². The van der Waals surface area contributed by atoms with E-state index in [2.05, 4.69) is 0 Å². The number of rotatable bonds is 8. The molecule has 0 amide bonds. The van der Waals surface area contributed by atoms with Crippen LogP contribution in [0.25, 0.3) is 10.2 Å². The molecule has 0 atom stereocenters. The number of ether oxygens (including phenoxy) is 2. The second-order valence-corrected chi connectivity index (χ2v) is 8.68. The topological polar surface area (TPSA) is 53.4 Å². The van der Waals surface area contributed by atoms with Gasteiger partial charge in [-0.1, -0.05) is 11.8 Å². The van der Waals surface area contributed by atoms with E-state index in [0.29, 0.717) is 36.4 Å². The SMILES string of the molecule is COCCn1c(SCCOc2ccc(F)cc2)nc2sc3c(c2c1=O)CCC3. The van der Waals surface area contributed by atoms with Crippen molar-refractivity contribution in [3.8, 4) is 5.75 Å². The van der Waals surface area contributed by atoms with Crippen molar-refractivity contribution in [3.63, 3.8) is 0 Å². The molecule has 0 bridgehead atoms. The molecule has 0 spiro atoms. The smallest absolute Gasteiger partial charge is 0.263 e. The number of aryl methyl sites for hydroxylation is 2. The maximum Gasteiger partial charge on any atom is 0.263 e. The number of benzene rings is 1. The van der Waals surface area contributed by atoms with Gasteiger partial charge < -0.3 is 9.47 Å². The molecule has 1 aliphatic carbocycles. The molecule has 0 saturated carbocycles. The lowest BCUT2D eigenvalue weighted by Crippen LogP contribution is -2.25. The van der Waals surface area contributed by atoms with Crippen molar-refractivity contribution in [1.82, 2.24) is 9.55 Å². The first-order chi connectivity index (χ1) is 13.7. The van der Waals surface area contributed by atoms with Gasteiger partial charge in [0.2, 0.25) is 0 Å². The van der Waals surface area contributed by atoms with Crippen LogP contribution in [0.2, 0.25) is 0 Å². The molecule has 3 aromatic rings. The Bertz CT molecular complexity index is 1030. The summed E-state index contributed by atoms with van der Waals surface area (Å²) in [6.45, 7) is 1.37. The van der Waals surface area contributed by atoms with E-state index in [9.17, 15) is 9.18 Å². The lowest BCUT2D eigenvalue weighted by molar-refractivity contribution is 0.183. The summed E-state index contributed by atoms with van der Waals surface area (Å²) in [5.74, 6) is 0.967. The quantitative estimate of drug-likeness (QED) is 0.314. The van der Waals surface area contributed by atoms with Crippen LogP contribution in [-0.2, 0) is 24.1 Å². The molecule has 2 aromatic heterocycles. The van der Waals surface area contributed by atoms with Crippen LogP contribution >= 0.6 is 23.1 Å². The number of fused-ring (bicyclic) bond motifs is 3. The van der Waals surface area contributed by atoms with Gasteiger partial charge in [0.05, 0.1) is 25.1 Å². The largest absolute Gasteiger partial charge is 0.493 e. The fraction of sp³-hybridized carbons (Fsp3) is 0.400. The number of methoxy groups -OCH3 is 1. The fourth-order valence-electron chi connectivity index (χ4n) is 3.37. The molecule has 1 aliphatic rings. The molecule has 2 heterocycles. The highest BCUT2D eigenvalue weighted by Crippen LogP contribution is 2.35. The van der Waals surface area contributed by atoms with Crippen LogP contribution < -0.4 is 10.3 Å². The Labute approximate surface area is 170 Å². The summed E-state index contributed by atoms with van der Waals surface area (Å²) in [6, 6.07) is 5.95. The highest BCUT2D eigenvalue weighted by atomic mass is 32.2. The molecule has 0 unspecified atom stereocenters. The fourth-order valence-corrected chi connectivity index (χ4v) is 5.52. The average Bonchev–Trinajstić information content (AvgIpc) is 3.27. The number of thioether (sulfide) groups is 1. The third kappa shape index (κ3) is 3.94. The van der Waals surface area contributed by atoms with Crippen molar-refractivity contribution in [1.29, 1.82) is 0 Å². The molecule has 0 N–H and O–H groups in total. The number of aromatic nitrogens is 2. The number of halogens is 1. The van der Waals surface area contributed by atoms with Crippen molar-refractivity contribution in [3.05, 3.63) is 50.9 Å². The summed E-state index contributed by atoms with van der Waals surface area (Å²) in [5, 5.41) is 1.48. The minimum absolute atomic E-state index is 0.0309. The molecular weight excluding hydrogens is 399 g/mol. The molecule has 0 aliphatic heterocycles. The van der Waals surface area contributed by atoms with E-state index in [4.69, 9.17) is 14.5 Å². The van der Waals surface area contributed by atoms with Crippen LogP contribution in [0.1, 0.15) is 16.9 Å². The first-order valence-corrected chi connectivity index (χ1v) is 11.0. The van der Waals surface area contributed by atoms with Crippen LogP contribution in [0.3, 0.4) is 0 Å². The summed E-state index contributed by atoms with van der Waals surface area (Å²) < 4.78 is 25.5. The predicted octanol–water partition coefficient (Wildman–Crippen LogP) is 3.90. The summed E-state index contributed by atoms with van der Waals surface area (Å²) in [6.07, 6.45) is 3.13. The van der Waals surface area contributed by atoms with Gasteiger partial charge in [0.1, 0.15) is 16.4 Å². The molecule has 8 heteroatoms. The Morgan fingerprint density at radius 1 is 1.25 bits per heavy atom. The number of hydrogen-bond donors (Lipinski definition) is 0. The zero-order valence-electron chi connectivity index (χ0n) is 15.6. The molecular formula is C20H21FN2O3S2. The van der Waals surface area contributed by atoms with Crippen LogP contribution in [0.15, 0.2) is 34.2 Å². The molecule has 0 radical (unpaired) electrons. The summed E-state index contributed by atoms with van der Waals surface area (Å²) in [4.78, 5) is 20.1. The maximum absolute atomic E-state index is 13.2. The summed E-state index contributed by atoms with van der Waals surface area (Å²) in [7, 11) is 1.63. The zero-order valence-corrected chi connectivity index (χ0v) is 17.2. The Balaban J connectivity index is 1.53. The average molecular weight is 421 g/mol. The van der Waals surface area contributed by atoms with E-state index >= 15 is 0 Å². The second kappa shape index (κ2) is 8.63. The van der Waals surface area contributed by atoms with E-state index in [-0.39, 0.29) is 11.4 Å². The van der Waals surface area contributed by atoms with Gasteiger partial charge in [0.25, 0.3) is 5.56 Å². The molecule has 28 heavy (non-hydrogen) atoms. The number of nitrogens with zero attached hydrogens (tertiary/aromatic N) is 2. The highest BCUT2D eigenvalue weighted by Gasteiger charge is 2.23. The number of thiophene rings is 1. The van der Waals surface area contributed by atoms with E-state index in [1.807, 2.05) is 0 Å². The normalized spacial score (nSPS) is 13.2. The van der Waals surface area contributed by atoms with Gasteiger partial charge in [-0.2, -0.15) is 0 Å². The molecule has 1 aromatic carbocycles. The van der Waals surface area contributed by atoms with Crippen LogP contribution in [0.5, 0.6) is 5.75 Å². The van der Waals surface area contributed by atoms with Crippen molar-refractivity contribution in [2.24, 2.45) is 0 Å². The summed E-state index contributed by atoms with van der Waals surface area (Å²) >= 11 is 3.14. The van der Waals surface area contributed by atoms with Gasteiger partial charge in [-0.25, -0.2) is 9.37 Å². The van der Waals surface area contributed by atoms with E-state index in [0.717, 1.165) is 29.5 Å². The van der Waals surface area contributed by atoms with Gasteiger partial charge in [0.15, 0.2) is 5.16 Å². The molecule has 5 nitrogen and oxygen atoms in total. The first kappa shape index (κ1) is 19.4. The number of hydrogen-bond acceptors (Lipinski definition) is 6. The van der Waals surface area contributed by atoms with E-state index < -0.39 is 0 Å². The lowest BCUT2D eigenvalue weighted by atomic mass is 10.2. The molecule has 0 fully saturated rings.